The monoisotopic (exact) mass is 432 g/mol. The molecule has 0 aliphatic rings. The third kappa shape index (κ3) is 5.41. The van der Waals surface area contributed by atoms with Crippen LogP contribution in [0.4, 0.5) is 11.4 Å². The molecular formula is C17H18Cl2N2O5S. The fraction of sp³-hybridized carbons (Fsp3) is 0.235. The van der Waals surface area contributed by atoms with Crippen LogP contribution in [0.5, 0.6) is 11.5 Å². The van der Waals surface area contributed by atoms with Gasteiger partial charge in [0.15, 0.2) is 0 Å². The molecule has 10 heteroatoms. The summed E-state index contributed by atoms with van der Waals surface area (Å²) in [6.07, 6.45) is 0.983. The fourth-order valence-electron chi connectivity index (χ4n) is 2.30. The lowest BCUT2D eigenvalue weighted by atomic mass is 10.2. The van der Waals surface area contributed by atoms with Gasteiger partial charge < -0.3 is 14.8 Å². The summed E-state index contributed by atoms with van der Waals surface area (Å²) in [5, 5.41) is 3.08. The standard InChI is InChI=1S/C17H18Cl2N2O5S/c1-25-12-5-7-16(26-2)14(9-12)20-17(22)10-21(27(3,23)24)15-6-4-11(18)8-13(15)19/h4-9H,10H2,1-3H3,(H,20,22). The van der Waals surface area contributed by atoms with Gasteiger partial charge >= 0.3 is 0 Å². The number of hydrogen-bond acceptors (Lipinski definition) is 5. The fourth-order valence-corrected chi connectivity index (χ4v) is 3.73. The number of rotatable bonds is 7. The van der Waals surface area contributed by atoms with Crippen molar-refractivity contribution in [3.63, 3.8) is 0 Å². The van der Waals surface area contributed by atoms with Crippen LogP contribution < -0.4 is 19.1 Å². The van der Waals surface area contributed by atoms with Crippen molar-refractivity contribution in [3.05, 3.63) is 46.4 Å². The number of nitrogens with one attached hydrogen (secondary N) is 1. The molecule has 2 rings (SSSR count). The minimum Gasteiger partial charge on any atom is -0.497 e. The third-order valence-corrected chi connectivity index (χ3v) is 5.21. The average molecular weight is 433 g/mol. The maximum absolute atomic E-state index is 12.5. The molecule has 0 aromatic heterocycles. The van der Waals surface area contributed by atoms with Gasteiger partial charge in [-0.3, -0.25) is 9.10 Å². The lowest BCUT2D eigenvalue weighted by Gasteiger charge is -2.23. The lowest BCUT2D eigenvalue weighted by Crippen LogP contribution is -2.37. The highest BCUT2D eigenvalue weighted by Crippen LogP contribution is 2.31. The van der Waals surface area contributed by atoms with Crippen molar-refractivity contribution >= 4 is 50.5 Å². The molecule has 1 N–H and O–H groups in total. The SMILES string of the molecule is COc1ccc(OC)c(NC(=O)CN(c2ccc(Cl)cc2Cl)S(C)(=O)=O)c1. The summed E-state index contributed by atoms with van der Waals surface area (Å²) in [5.74, 6) is 0.324. The molecule has 0 fully saturated rings. The smallest absolute Gasteiger partial charge is 0.245 e. The summed E-state index contributed by atoms with van der Waals surface area (Å²) in [6.45, 7) is -0.486. The molecule has 0 saturated carbocycles. The van der Waals surface area contributed by atoms with E-state index in [1.54, 1.807) is 18.2 Å². The third-order valence-electron chi connectivity index (χ3n) is 3.55. The average Bonchev–Trinajstić information content (AvgIpc) is 2.59. The van der Waals surface area contributed by atoms with Gasteiger partial charge in [-0.2, -0.15) is 0 Å². The zero-order valence-electron chi connectivity index (χ0n) is 14.8. The molecule has 0 aliphatic heterocycles. The van der Waals surface area contributed by atoms with Crippen molar-refractivity contribution in [1.29, 1.82) is 0 Å². The first-order valence-electron chi connectivity index (χ1n) is 7.60. The summed E-state index contributed by atoms with van der Waals surface area (Å²) in [7, 11) is -0.841. The largest absolute Gasteiger partial charge is 0.497 e. The van der Waals surface area contributed by atoms with E-state index in [1.165, 1.54) is 32.4 Å². The van der Waals surface area contributed by atoms with Gasteiger partial charge in [0.05, 0.1) is 36.9 Å². The van der Waals surface area contributed by atoms with Crippen molar-refractivity contribution in [2.24, 2.45) is 0 Å². The van der Waals surface area contributed by atoms with Gasteiger partial charge in [0, 0.05) is 11.1 Å². The zero-order valence-corrected chi connectivity index (χ0v) is 17.2. The molecule has 0 radical (unpaired) electrons. The lowest BCUT2D eigenvalue weighted by molar-refractivity contribution is -0.114. The van der Waals surface area contributed by atoms with Gasteiger partial charge in [-0.1, -0.05) is 23.2 Å². The Kier molecular flexibility index (Phi) is 6.80. The van der Waals surface area contributed by atoms with E-state index < -0.39 is 22.5 Å². The highest BCUT2D eigenvalue weighted by atomic mass is 35.5. The van der Waals surface area contributed by atoms with E-state index in [0.717, 1.165) is 10.6 Å². The molecule has 27 heavy (non-hydrogen) atoms. The number of sulfonamides is 1. The molecule has 2 aromatic rings. The Balaban J connectivity index is 2.30. The number of carbonyl (C=O) groups excluding carboxylic acids is 1. The van der Waals surface area contributed by atoms with E-state index in [1.807, 2.05) is 0 Å². The maximum Gasteiger partial charge on any atom is 0.245 e. The Morgan fingerprint density at radius 3 is 2.37 bits per heavy atom. The number of halogens is 2. The molecule has 0 spiro atoms. The number of benzene rings is 2. The van der Waals surface area contributed by atoms with E-state index in [9.17, 15) is 13.2 Å². The van der Waals surface area contributed by atoms with Gasteiger partial charge in [-0.05, 0) is 30.3 Å². The van der Waals surface area contributed by atoms with Gasteiger partial charge in [0.1, 0.15) is 18.0 Å². The molecule has 146 valence electrons. The van der Waals surface area contributed by atoms with Crippen LogP contribution in [-0.4, -0.2) is 41.3 Å². The highest BCUT2D eigenvalue weighted by Gasteiger charge is 2.23. The maximum atomic E-state index is 12.5. The number of nitrogens with zero attached hydrogens (tertiary/aromatic N) is 1. The van der Waals surface area contributed by atoms with Crippen LogP contribution in [-0.2, 0) is 14.8 Å². The van der Waals surface area contributed by atoms with Crippen molar-refractivity contribution in [2.45, 2.75) is 0 Å². The first-order chi connectivity index (χ1) is 12.7. The first kappa shape index (κ1) is 21.1. The molecule has 0 unspecified atom stereocenters. The predicted molar refractivity (Wildman–Crippen MR) is 107 cm³/mol. The Labute approximate surface area is 167 Å². The molecule has 2 aromatic carbocycles. The van der Waals surface area contributed by atoms with Gasteiger partial charge in [-0.15, -0.1) is 0 Å². The predicted octanol–water partition coefficient (Wildman–Crippen LogP) is 3.42. The summed E-state index contributed by atoms with van der Waals surface area (Å²) >= 11 is 12.0. The van der Waals surface area contributed by atoms with E-state index in [-0.39, 0.29) is 10.7 Å². The molecule has 7 nitrogen and oxygen atoms in total. The van der Waals surface area contributed by atoms with Crippen LogP contribution in [0, 0.1) is 0 Å². The Morgan fingerprint density at radius 1 is 1.11 bits per heavy atom. The molecule has 1 amide bonds. The van der Waals surface area contributed by atoms with Crippen molar-refractivity contribution in [2.75, 3.05) is 36.6 Å². The quantitative estimate of drug-likeness (QED) is 0.724. The van der Waals surface area contributed by atoms with E-state index in [0.29, 0.717) is 22.2 Å². The van der Waals surface area contributed by atoms with Crippen LogP contribution in [0.15, 0.2) is 36.4 Å². The van der Waals surface area contributed by atoms with Crippen LogP contribution in [0.2, 0.25) is 10.0 Å². The second kappa shape index (κ2) is 8.69. The minimum atomic E-state index is -3.78. The summed E-state index contributed by atoms with van der Waals surface area (Å²) in [4.78, 5) is 12.5. The number of hydrogen-bond donors (Lipinski definition) is 1. The summed E-state index contributed by atoms with van der Waals surface area (Å²) < 4.78 is 35.6. The highest BCUT2D eigenvalue weighted by molar-refractivity contribution is 7.92. The molecule has 0 aliphatic carbocycles. The second-order valence-corrected chi connectivity index (χ2v) is 8.23. The minimum absolute atomic E-state index is 0.111. The van der Waals surface area contributed by atoms with E-state index in [4.69, 9.17) is 32.7 Å². The molecule has 0 saturated heterocycles. The molecule has 0 atom stereocenters. The van der Waals surface area contributed by atoms with E-state index >= 15 is 0 Å². The van der Waals surface area contributed by atoms with Gasteiger partial charge in [0.25, 0.3) is 0 Å². The van der Waals surface area contributed by atoms with Crippen LogP contribution in [0.1, 0.15) is 0 Å². The molecule has 0 bridgehead atoms. The normalized spacial score (nSPS) is 11.0. The topological polar surface area (TPSA) is 84.9 Å². The summed E-state index contributed by atoms with van der Waals surface area (Å²) in [6, 6.07) is 9.19. The van der Waals surface area contributed by atoms with Crippen LogP contribution >= 0.6 is 23.2 Å². The number of methoxy groups -OCH3 is 2. The van der Waals surface area contributed by atoms with Crippen molar-refractivity contribution in [1.82, 2.24) is 0 Å². The van der Waals surface area contributed by atoms with Crippen LogP contribution in [0.3, 0.4) is 0 Å². The number of anilines is 2. The number of amides is 1. The second-order valence-electron chi connectivity index (χ2n) is 5.48. The van der Waals surface area contributed by atoms with Gasteiger partial charge in [-0.25, -0.2) is 8.42 Å². The van der Waals surface area contributed by atoms with Gasteiger partial charge in [0.2, 0.25) is 15.9 Å². The number of ether oxygens (including phenoxy) is 2. The van der Waals surface area contributed by atoms with Crippen molar-refractivity contribution < 1.29 is 22.7 Å². The number of carbonyl (C=O) groups is 1. The van der Waals surface area contributed by atoms with E-state index in [2.05, 4.69) is 5.32 Å². The zero-order chi connectivity index (χ0) is 20.2. The summed E-state index contributed by atoms with van der Waals surface area (Å²) in [5.41, 5.74) is 0.494. The first-order valence-corrected chi connectivity index (χ1v) is 10.2. The van der Waals surface area contributed by atoms with Crippen LogP contribution in [0.25, 0.3) is 0 Å². The molecule has 0 heterocycles. The van der Waals surface area contributed by atoms with Crippen molar-refractivity contribution in [3.8, 4) is 11.5 Å². The molecular weight excluding hydrogens is 415 g/mol. The Hall–Kier alpha value is -2.16. The Morgan fingerprint density at radius 2 is 1.81 bits per heavy atom. The Bertz CT molecular complexity index is 950.